The third-order valence-corrected chi connectivity index (χ3v) is 6.22. The Morgan fingerprint density at radius 1 is 0.964 bits per heavy atom. The van der Waals surface area contributed by atoms with E-state index in [1.54, 1.807) is 0 Å². The molecule has 0 saturated heterocycles. The van der Waals surface area contributed by atoms with Crippen LogP contribution in [0.5, 0.6) is 0 Å². The number of H-pyrrole nitrogens is 1. The van der Waals surface area contributed by atoms with Crippen molar-refractivity contribution in [3.05, 3.63) is 82.7 Å². The van der Waals surface area contributed by atoms with Gasteiger partial charge < -0.3 is 10.3 Å². The number of imidazole rings is 1. The number of hydrogen-bond acceptors (Lipinski definition) is 3. The summed E-state index contributed by atoms with van der Waals surface area (Å²) in [4.78, 5) is 21.1. The van der Waals surface area contributed by atoms with E-state index in [2.05, 4.69) is 15.3 Å². The first kappa shape index (κ1) is 17.0. The molecule has 3 aromatic carbocycles. The highest BCUT2D eigenvalue weighted by Gasteiger charge is 2.17. The number of anilines is 1. The average Bonchev–Trinajstić information content (AvgIpc) is 3.30. The molecule has 2 heterocycles. The van der Waals surface area contributed by atoms with Gasteiger partial charge in [-0.05, 0) is 42.5 Å². The number of aromatic nitrogens is 2. The van der Waals surface area contributed by atoms with Crippen LogP contribution < -0.4 is 5.32 Å². The standard InChI is InChI=1S/C22H14ClN3OS/c23-19-15-5-1-4-8-18(15)28-20(19)22(27)24-14-11-9-13(10-12-14)21-25-16-6-2-3-7-17(16)26-21/h1-12H,(H,24,27)(H,25,26). The van der Waals surface area contributed by atoms with Gasteiger partial charge in [0.1, 0.15) is 10.7 Å². The lowest BCUT2D eigenvalue weighted by Crippen LogP contribution is -2.10. The molecule has 0 bridgehead atoms. The molecule has 5 rings (SSSR count). The molecule has 0 aliphatic rings. The van der Waals surface area contributed by atoms with Gasteiger partial charge >= 0.3 is 0 Å². The smallest absolute Gasteiger partial charge is 0.267 e. The number of hydrogen-bond donors (Lipinski definition) is 2. The summed E-state index contributed by atoms with van der Waals surface area (Å²) in [6.45, 7) is 0. The second-order valence-electron chi connectivity index (χ2n) is 6.38. The molecule has 4 nitrogen and oxygen atoms in total. The van der Waals surface area contributed by atoms with E-state index in [-0.39, 0.29) is 5.91 Å². The molecule has 5 aromatic rings. The zero-order valence-electron chi connectivity index (χ0n) is 14.6. The molecule has 1 amide bonds. The zero-order chi connectivity index (χ0) is 19.1. The lowest BCUT2D eigenvalue weighted by molar-refractivity contribution is 0.103. The van der Waals surface area contributed by atoms with Gasteiger partial charge in [0.2, 0.25) is 0 Å². The Hall–Kier alpha value is -3.15. The molecular weight excluding hydrogens is 390 g/mol. The van der Waals surface area contributed by atoms with Crippen molar-refractivity contribution < 1.29 is 4.79 Å². The largest absolute Gasteiger partial charge is 0.338 e. The van der Waals surface area contributed by atoms with Crippen molar-refractivity contribution in [1.29, 1.82) is 0 Å². The van der Waals surface area contributed by atoms with Gasteiger partial charge in [-0.2, -0.15) is 0 Å². The third-order valence-electron chi connectivity index (χ3n) is 4.55. The number of nitrogens with one attached hydrogen (secondary N) is 2. The number of aromatic amines is 1. The maximum Gasteiger partial charge on any atom is 0.267 e. The maximum absolute atomic E-state index is 12.7. The summed E-state index contributed by atoms with van der Waals surface area (Å²) in [6.07, 6.45) is 0. The minimum atomic E-state index is -0.206. The maximum atomic E-state index is 12.7. The van der Waals surface area contributed by atoms with E-state index in [0.29, 0.717) is 15.6 Å². The van der Waals surface area contributed by atoms with E-state index in [4.69, 9.17) is 11.6 Å². The molecule has 0 aliphatic heterocycles. The van der Waals surface area contributed by atoms with Gasteiger partial charge in [0.25, 0.3) is 5.91 Å². The van der Waals surface area contributed by atoms with Crippen LogP contribution >= 0.6 is 22.9 Å². The first-order valence-electron chi connectivity index (χ1n) is 8.72. The Balaban J connectivity index is 1.39. The van der Waals surface area contributed by atoms with E-state index in [1.165, 1.54) is 11.3 Å². The number of carbonyl (C=O) groups is 1. The van der Waals surface area contributed by atoms with E-state index in [0.717, 1.165) is 32.5 Å². The molecule has 0 saturated carbocycles. The number of rotatable bonds is 3. The first-order chi connectivity index (χ1) is 13.7. The monoisotopic (exact) mass is 403 g/mol. The van der Waals surface area contributed by atoms with Crippen LogP contribution in [-0.4, -0.2) is 15.9 Å². The normalized spacial score (nSPS) is 11.2. The molecule has 0 fully saturated rings. The molecule has 2 N–H and O–H groups in total. The number of amides is 1. The zero-order valence-corrected chi connectivity index (χ0v) is 16.1. The quantitative estimate of drug-likeness (QED) is 0.368. The molecule has 0 unspecified atom stereocenters. The second kappa shape index (κ2) is 6.78. The Labute approximate surface area is 169 Å². The van der Waals surface area contributed by atoms with Crippen molar-refractivity contribution in [3.8, 4) is 11.4 Å². The van der Waals surface area contributed by atoms with Crippen molar-refractivity contribution >= 4 is 55.7 Å². The van der Waals surface area contributed by atoms with Crippen LogP contribution in [0.2, 0.25) is 5.02 Å². The molecule has 0 radical (unpaired) electrons. The molecule has 2 aromatic heterocycles. The van der Waals surface area contributed by atoms with E-state index >= 15 is 0 Å². The summed E-state index contributed by atoms with van der Waals surface area (Å²) in [6, 6.07) is 23.2. The number of fused-ring (bicyclic) bond motifs is 2. The molecular formula is C22H14ClN3OS. The van der Waals surface area contributed by atoms with Crippen molar-refractivity contribution in [2.24, 2.45) is 0 Å². The van der Waals surface area contributed by atoms with Crippen molar-refractivity contribution in [2.75, 3.05) is 5.32 Å². The molecule has 0 atom stereocenters. The fourth-order valence-electron chi connectivity index (χ4n) is 3.15. The predicted octanol–water partition coefficient (Wildman–Crippen LogP) is 6.35. The van der Waals surface area contributed by atoms with Gasteiger partial charge in [0.15, 0.2) is 0 Å². The van der Waals surface area contributed by atoms with Crippen molar-refractivity contribution in [1.82, 2.24) is 9.97 Å². The van der Waals surface area contributed by atoms with E-state index in [9.17, 15) is 4.79 Å². The Bertz CT molecular complexity index is 1290. The second-order valence-corrected chi connectivity index (χ2v) is 7.81. The summed E-state index contributed by atoms with van der Waals surface area (Å²) in [5.41, 5.74) is 3.58. The Morgan fingerprint density at radius 2 is 1.71 bits per heavy atom. The van der Waals surface area contributed by atoms with Gasteiger partial charge in [-0.3, -0.25) is 4.79 Å². The van der Waals surface area contributed by atoms with Gasteiger partial charge in [-0.15, -0.1) is 11.3 Å². The number of nitrogens with zero attached hydrogens (tertiary/aromatic N) is 1. The molecule has 28 heavy (non-hydrogen) atoms. The number of benzene rings is 3. The average molecular weight is 404 g/mol. The van der Waals surface area contributed by atoms with Gasteiger partial charge in [0, 0.05) is 21.3 Å². The van der Waals surface area contributed by atoms with Gasteiger partial charge in [-0.25, -0.2) is 4.98 Å². The molecule has 6 heteroatoms. The number of thiophene rings is 1. The van der Waals surface area contributed by atoms with Crippen LogP contribution in [-0.2, 0) is 0 Å². The summed E-state index contributed by atoms with van der Waals surface area (Å²) >= 11 is 7.79. The molecule has 0 aliphatic carbocycles. The highest BCUT2D eigenvalue weighted by atomic mass is 35.5. The number of carbonyl (C=O) groups excluding carboxylic acids is 1. The van der Waals surface area contributed by atoms with Crippen LogP contribution in [0.1, 0.15) is 9.67 Å². The minimum absolute atomic E-state index is 0.206. The highest BCUT2D eigenvalue weighted by molar-refractivity contribution is 7.21. The van der Waals surface area contributed by atoms with Crippen LogP contribution in [0.15, 0.2) is 72.8 Å². The summed E-state index contributed by atoms with van der Waals surface area (Å²) in [7, 11) is 0. The van der Waals surface area contributed by atoms with Gasteiger partial charge in [-0.1, -0.05) is 41.9 Å². The van der Waals surface area contributed by atoms with Crippen LogP contribution in [0.4, 0.5) is 5.69 Å². The van der Waals surface area contributed by atoms with Crippen LogP contribution in [0.3, 0.4) is 0 Å². The summed E-state index contributed by atoms with van der Waals surface area (Å²) in [5.74, 6) is 0.592. The Kier molecular flexibility index (Phi) is 4.11. The number of halogens is 1. The highest BCUT2D eigenvalue weighted by Crippen LogP contribution is 2.35. The topological polar surface area (TPSA) is 57.8 Å². The lowest BCUT2D eigenvalue weighted by atomic mass is 10.2. The van der Waals surface area contributed by atoms with E-state index < -0.39 is 0 Å². The molecule has 0 spiro atoms. The lowest BCUT2D eigenvalue weighted by Gasteiger charge is -2.05. The van der Waals surface area contributed by atoms with Crippen LogP contribution in [0, 0.1) is 0 Å². The molecule has 136 valence electrons. The fraction of sp³-hybridized carbons (Fsp3) is 0. The predicted molar refractivity (Wildman–Crippen MR) is 116 cm³/mol. The summed E-state index contributed by atoms with van der Waals surface area (Å²) < 4.78 is 0.998. The summed E-state index contributed by atoms with van der Waals surface area (Å²) in [5, 5.41) is 4.32. The fourth-order valence-corrected chi connectivity index (χ4v) is 4.56. The minimum Gasteiger partial charge on any atom is -0.338 e. The third kappa shape index (κ3) is 2.95. The van der Waals surface area contributed by atoms with Crippen molar-refractivity contribution in [3.63, 3.8) is 0 Å². The van der Waals surface area contributed by atoms with Gasteiger partial charge in [0.05, 0.1) is 16.1 Å². The number of para-hydroxylation sites is 2. The SMILES string of the molecule is O=C(Nc1ccc(-c2nc3ccccc3[nH]2)cc1)c1sc2ccccc2c1Cl. The first-order valence-corrected chi connectivity index (χ1v) is 9.92. The Morgan fingerprint density at radius 3 is 2.50 bits per heavy atom. The van der Waals surface area contributed by atoms with E-state index in [1.807, 2.05) is 72.8 Å². The van der Waals surface area contributed by atoms with Crippen LogP contribution in [0.25, 0.3) is 32.5 Å². The van der Waals surface area contributed by atoms with Crippen molar-refractivity contribution in [2.45, 2.75) is 0 Å².